The van der Waals surface area contributed by atoms with Gasteiger partial charge in [0.1, 0.15) is 5.75 Å². The summed E-state index contributed by atoms with van der Waals surface area (Å²) in [5.41, 5.74) is 11.9. The molecule has 0 fully saturated rings. The van der Waals surface area contributed by atoms with Crippen LogP contribution in [0.25, 0.3) is 0 Å². The first-order chi connectivity index (χ1) is 9.97. The molecule has 0 aliphatic rings. The average Bonchev–Trinajstić information content (AvgIpc) is 2.72. The summed E-state index contributed by atoms with van der Waals surface area (Å²) < 4.78 is 7.53. The van der Waals surface area contributed by atoms with Gasteiger partial charge in [-0.3, -0.25) is 4.68 Å². The van der Waals surface area contributed by atoms with Crippen LogP contribution in [0.4, 0.5) is 0 Å². The lowest BCUT2D eigenvalue weighted by atomic mass is 10.0. The van der Waals surface area contributed by atoms with Crippen molar-refractivity contribution in [1.82, 2.24) is 9.78 Å². The van der Waals surface area contributed by atoms with Crippen molar-refractivity contribution in [3.05, 3.63) is 46.3 Å². The Morgan fingerprint density at radius 1 is 1.33 bits per heavy atom. The Morgan fingerprint density at radius 2 is 2.05 bits per heavy atom. The first-order valence-corrected chi connectivity index (χ1v) is 7.43. The lowest BCUT2D eigenvalue weighted by Crippen LogP contribution is -2.09. The highest BCUT2D eigenvalue weighted by Crippen LogP contribution is 2.24. The van der Waals surface area contributed by atoms with Crippen LogP contribution >= 0.6 is 0 Å². The van der Waals surface area contributed by atoms with Crippen molar-refractivity contribution in [1.29, 1.82) is 0 Å². The Morgan fingerprint density at radius 3 is 2.57 bits per heavy atom. The summed E-state index contributed by atoms with van der Waals surface area (Å²) in [5, 5.41) is 4.66. The first-order valence-electron chi connectivity index (χ1n) is 7.43. The number of ether oxygens (including phenoxy) is 1. The quantitative estimate of drug-likeness (QED) is 0.919. The number of hydrogen-bond donors (Lipinski definition) is 1. The van der Waals surface area contributed by atoms with Crippen molar-refractivity contribution in [3.63, 3.8) is 0 Å². The fraction of sp³-hybridized carbons (Fsp3) is 0.471. The molecule has 0 aliphatic heterocycles. The minimum atomic E-state index is 0.0151. The van der Waals surface area contributed by atoms with Gasteiger partial charge < -0.3 is 10.5 Å². The summed E-state index contributed by atoms with van der Waals surface area (Å²) in [6.07, 6.45) is 1.01. The summed E-state index contributed by atoms with van der Waals surface area (Å²) in [6, 6.07) is 6.14. The van der Waals surface area contributed by atoms with Gasteiger partial charge in [-0.25, -0.2) is 0 Å². The summed E-state index contributed by atoms with van der Waals surface area (Å²) in [5.74, 6) is 0.880. The van der Waals surface area contributed by atoms with Gasteiger partial charge in [-0.1, -0.05) is 13.0 Å². The Bertz CT molecular complexity index is 629. The van der Waals surface area contributed by atoms with Crippen LogP contribution in [0.5, 0.6) is 5.75 Å². The van der Waals surface area contributed by atoms with Gasteiger partial charge in [-0.15, -0.1) is 0 Å². The van der Waals surface area contributed by atoms with Gasteiger partial charge in [-0.05, 0) is 50.5 Å². The molecule has 1 aromatic heterocycles. The van der Waals surface area contributed by atoms with Crippen molar-refractivity contribution in [2.45, 2.75) is 46.7 Å². The zero-order valence-corrected chi connectivity index (χ0v) is 13.6. The molecule has 0 aliphatic carbocycles. The monoisotopic (exact) mass is 287 g/mol. The molecule has 0 bridgehead atoms. The van der Waals surface area contributed by atoms with Crippen LogP contribution in [0.1, 0.15) is 48.0 Å². The number of nitrogens with zero attached hydrogens (tertiary/aromatic N) is 2. The molecule has 4 nitrogen and oxygen atoms in total. The number of aromatic nitrogens is 2. The van der Waals surface area contributed by atoms with Crippen molar-refractivity contribution < 1.29 is 4.74 Å². The third-order valence-electron chi connectivity index (χ3n) is 4.04. The normalized spacial score (nSPS) is 12.5. The highest BCUT2D eigenvalue weighted by molar-refractivity contribution is 5.39. The minimum Gasteiger partial charge on any atom is -0.496 e. The van der Waals surface area contributed by atoms with Crippen LogP contribution in [0.3, 0.4) is 0 Å². The molecular formula is C17H25N3O. The number of methoxy groups -OCH3 is 1. The highest BCUT2D eigenvalue weighted by atomic mass is 16.5. The molecule has 2 aromatic rings. The topological polar surface area (TPSA) is 53.1 Å². The Kier molecular flexibility index (Phi) is 4.68. The summed E-state index contributed by atoms with van der Waals surface area (Å²) in [4.78, 5) is 0. The maximum absolute atomic E-state index is 5.98. The van der Waals surface area contributed by atoms with Gasteiger partial charge in [0.25, 0.3) is 0 Å². The summed E-state index contributed by atoms with van der Waals surface area (Å²) in [6.45, 7) is 9.05. The molecular weight excluding hydrogens is 262 g/mol. The number of nitrogens with two attached hydrogens (primary N) is 1. The van der Waals surface area contributed by atoms with Gasteiger partial charge in [0, 0.05) is 17.3 Å². The molecule has 2 N–H and O–H groups in total. The molecule has 0 saturated carbocycles. The standard InChI is InChI=1S/C17H25N3O/c1-6-16-12(3)19-20(13(16)4)10-15-9-14(11(2)18)7-8-17(15)21-5/h7-9,11H,6,10,18H2,1-5H3. The lowest BCUT2D eigenvalue weighted by molar-refractivity contribution is 0.406. The molecule has 0 amide bonds. The molecule has 114 valence electrons. The van der Waals surface area contributed by atoms with Crippen LogP contribution in [0, 0.1) is 13.8 Å². The average molecular weight is 287 g/mol. The van der Waals surface area contributed by atoms with Gasteiger partial charge in [0.15, 0.2) is 0 Å². The second-order valence-electron chi connectivity index (χ2n) is 5.52. The van der Waals surface area contributed by atoms with E-state index in [9.17, 15) is 0 Å². The molecule has 1 aromatic carbocycles. The predicted molar refractivity (Wildman–Crippen MR) is 85.8 cm³/mol. The maximum atomic E-state index is 5.98. The number of aryl methyl sites for hydroxylation is 1. The molecule has 1 unspecified atom stereocenters. The van der Waals surface area contributed by atoms with Gasteiger partial charge >= 0.3 is 0 Å². The van der Waals surface area contributed by atoms with Crippen LogP contribution in [-0.2, 0) is 13.0 Å². The van der Waals surface area contributed by atoms with E-state index < -0.39 is 0 Å². The van der Waals surface area contributed by atoms with E-state index in [0.717, 1.165) is 29.0 Å². The van der Waals surface area contributed by atoms with E-state index in [4.69, 9.17) is 10.5 Å². The Labute approximate surface area is 126 Å². The van der Waals surface area contributed by atoms with E-state index in [0.29, 0.717) is 6.54 Å². The second kappa shape index (κ2) is 6.31. The molecule has 4 heteroatoms. The van der Waals surface area contributed by atoms with Crippen LogP contribution in [0.2, 0.25) is 0 Å². The predicted octanol–water partition coefficient (Wildman–Crippen LogP) is 3.14. The molecule has 0 saturated heterocycles. The largest absolute Gasteiger partial charge is 0.496 e. The number of benzene rings is 1. The number of hydrogen-bond acceptors (Lipinski definition) is 3. The van der Waals surface area contributed by atoms with Crippen molar-refractivity contribution >= 4 is 0 Å². The summed E-state index contributed by atoms with van der Waals surface area (Å²) >= 11 is 0. The van der Waals surface area contributed by atoms with Crippen molar-refractivity contribution in [2.24, 2.45) is 5.73 Å². The molecule has 1 atom stereocenters. The van der Waals surface area contributed by atoms with Crippen LogP contribution in [0.15, 0.2) is 18.2 Å². The van der Waals surface area contributed by atoms with E-state index in [-0.39, 0.29) is 6.04 Å². The fourth-order valence-electron chi connectivity index (χ4n) is 2.77. The molecule has 0 radical (unpaired) electrons. The molecule has 21 heavy (non-hydrogen) atoms. The van der Waals surface area contributed by atoms with Crippen molar-refractivity contribution in [3.8, 4) is 5.75 Å². The van der Waals surface area contributed by atoms with Gasteiger partial charge in [-0.2, -0.15) is 5.10 Å². The third kappa shape index (κ3) is 3.10. The van der Waals surface area contributed by atoms with Gasteiger partial charge in [0.05, 0.1) is 19.3 Å². The summed E-state index contributed by atoms with van der Waals surface area (Å²) in [7, 11) is 1.70. The van der Waals surface area contributed by atoms with E-state index in [2.05, 4.69) is 36.6 Å². The SMILES string of the molecule is CCc1c(C)nn(Cc2cc(C(C)N)ccc2OC)c1C. The number of rotatable bonds is 5. The van der Waals surface area contributed by atoms with Crippen LogP contribution < -0.4 is 10.5 Å². The van der Waals surface area contributed by atoms with Crippen LogP contribution in [-0.4, -0.2) is 16.9 Å². The lowest BCUT2D eigenvalue weighted by Gasteiger charge is -2.14. The van der Waals surface area contributed by atoms with E-state index in [1.54, 1.807) is 7.11 Å². The zero-order valence-electron chi connectivity index (χ0n) is 13.6. The van der Waals surface area contributed by atoms with E-state index >= 15 is 0 Å². The highest BCUT2D eigenvalue weighted by Gasteiger charge is 2.13. The second-order valence-corrected chi connectivity index (χ2v) is 5.52. The minimum absolute atomic E-state index is 0.0151. The smallest absolute Gasteiger partial charge is 0.123 e. The molecule has 0 spiro atoms. The van der Waals surface area contributed by atoms with Gasteiger partial charge in [0.2, 0.25) is 0 Å². The molecule has 2 rings (SSSR count). The van der Waals surface area contributed by atoms with E-state index in [1.807, 2.05) is 19.1 Å². The first kappa shape index (κ1) is 15.6. The van der Waals surface area contributed by atoms with Crippen molar-refractivity contribution in [2.75, 3.05) is 7.11 Å². The van der Waals surface area contributed by atoms with E-state index in [1.165, 1.54) is 11.3 Å². The maximum Gasteiger partial charge on any atom is 0.123 e. The molecule has 1 heterocycles. The zero-order chi connectivity index (χ0) is 15.6. The Balaban J connectivity index is 2.40. The fourth-order valence-corrected chi connectivity index (χ4v) is 2.77. The third-order valence-corrected chi connectivity index (χ3v) is 4.04. The Hall–Kier alpha value is -1.81.